The number of fused-ring (bicyclic) bond motifs is 1. The summed E-state index contributed by atoms with van der Waals surface area (Å²) in [7, 11) is 0. The van der Waals surface area contributed by atoms with Gasteiger partial charge in [0, 0.05) is 24.5 Å². The third-order valence-electron chi connectivity index (χ3n) is 1.81. The lowest BCUT2D eigenvalue weighted by molar-refractivity contribution is -0.132. The normalized spacial score (nSPS) is 14.4. The van der Waals surface area contributed by atoms with Crippen LogP contribution in [0.2, 0.25) is 0 Å². The number of aromatic nitrogens is 1. The van der Waals surface area contributed by atoms with Crippen molar-refractivity contribution in [1.29, 1.82) is 0 Å². The van der Waals surface area contributed by atoms with Crippen LogP contribution in [-0.4, -0.2) is 15.6 Å². The first-order chi connectivity index (χ1) is 5.27. The minimum Gasteiger partial charge on any atom is -0.478 e. The Bertz CT molecular complexity index is 336. The van der Waals surface area contributed by atoms with E-state index in [-0.39, 0.29) is 0 Å². The molecule has 1 N–H and O–H groups in total. The second kappa shape index (κ2) is 1.99. The SMILES string of the molecule is O=C(O)C1=Cn2cccc2C1. The van der Waals surface area contributed by atoms with Crippen molar-refractivity contribution in [3.05, 3.63) is 29.6 Å². The molecule has 0 unspecified atom stereocenters. The molecule has 2 rings (SSSR count). The summed E-state index contributed by atoms with van der Waals surface area (Å²) in [5.41, 5.74) is 1.50. The Kier molecular flexibility index (Phi) is 1.12. The van der Waals surface area contributed by atoms with Gasteiger partial charge in [-0.05, 0) is 12.1 Å². The lowest BCUT2D eigenvalue weighted by Crippen LogP contribution is -1.98. The van der Waals surface area contributed by atoms with Crippen molar-refractivity contribution in [3.8, 4) is 0 Å². The van der Waals surface area contributed by atoms with Crippen LogP contribution >= 0.6 is 0 Å². The van der Waals surface area contributed by atoms with E-state index in [4.69, 9.17) is 5.11 Å². The van der Waals surface area contributed by atoms with E-state index in [1.165, 1.54) is 0 Å². The van der Waals surface area contributed by atoms with E-state index in [1.807, 2.05) is 22.9 Å². The maximum absolute atomic E-state index is 10.5. The first-order valence-electron chi connectivity index (χ1n) is 3.37. The van der Waals surface area contributed by atoms with Gasteiger partial charge in [0.15, 0.2) is 0 Å². The summed E-state index contributed by atoms with van der Waals surface area (Å²) in [4.78, 5) is 10.5. The number of nitrogens with zero attached hydrogens (tertiary/aromatic N) is 1. The molecule has 0 radical (unpaired) electrons. The van der Waals surface area contributed by atoms with Crippen molar-refractivity contribution in [2.45, 2.75) is 6.42 Å². The summed E-state index contributed by atoms with van der Waals surface area (Å²) in [6.45, 7) is 0. The first kappa shape index (κ1) is 6.22. The summed E-state index contributed by atoms with van der Waals surface area (Å²) in [6.07, 6.45) is 4.05. The van der Waals surface area contributed by atoms with Gasteiger partial charge in [0.1, 0.15) is 0 Å². The second-order valence-electron chi connectivity index (χ2n) is 2.54. The number of hydrogen-bond acceptors (Lipinski definition) is 1. The highest BCUT2D eigenvalue weighted by Gasteiger charge is 2.16. The number of hydrogen-bond donors (Lipinski definition) is 1. The van der Waals surface area contributed by atoms with Crippen LogP contribution in [-0.2, 0) is 11.2 Å². The third kappa shape index (κ3) is 0.852. The number of carboxylic acid groups (broad SMARTS) is 1. The standard InChI is InChI=1S/C8H7NO2/c10-8(11)6-4-7-2-1-3-9(7)5-6/h1-3,5H,4H2,(H,10,11). The second-order valence-corrected chi connectivity index (χ2v) is 2.54. The molecule has 0 fully saturated rings. The van der Waals surface area contributed by atoms with E-state index in [1.54, 1.807) is 6.20 Å². The van der Waals surface area contributed by atoms with E-state index >= 15 is 0 Å². The van der Waals surface area contributed by atoms with Gasteiger partial charge in [0.2, 0.25) is 0 Å². The molecule has 0 aromatic carbocycles. The van der Waals surface area contributed by atoms with Crippen LogP contribution in [0.25, 0.3) is 6.20 Å². The molecule has 1 aliphatic rings. The van der Waals surface area contributed by atoms with Crippen molar-refractivity contribution in [2.24, 2.45) is 0 Å². The number of carboxylic acids is 1. The Morgan fingerprint density at radius 3 is 3.09 bits per heavy atom. The molecule has 11 heavy (non-hydrogen) atoms. The van der Waals surface area contributed by atoms with Gasteiger partial charge in [0.25, 0.3) is 0 Å². The summed E-state index contributed by atoms with van der Waals surface area (Å²) in [6, 6.07) is 3.83. The zero-order valence-electron chi connectivity index (χ0n) is 5.82. The van der Waals surface area contributed by atoms with Crippen LogP contribution in [0.15, 0.2) is 23.9 Å². The number of carbonyl (C=O) groups is 1. The summed E-state index contributed by atoms with van der Waals surface area (Å²) in [5.74, 6) is -0.825. The zero-order valence-corrected chi connectivity index (χ0v) is 5.82. The highest BCUT2D eigenvalue weighted by atomic mass is 16.4. The largest absolute Gasteiger partial charge is 0.478 e. The van der Waals surface area contributed by atoms with Crippen LogP contribution in [0, 0.1) is 0 Å². The van der Waals surface area contributed by atoms with Crippen molar-refractivity contribution in [2.75, 3.05) is 0 Å². The van der Waals surface area contributed by atoms with Gasteiger partial charge in [0.05, 0.1) is 5.57 Å². The minimum atomic E-state index is -0.825. The van der Waals surface area contributed by atoms with Crippen molar-refractivity contribution in [3.63, 3.8) is 0 Å². The fraction of sp³-hybridized carbons (Fsp3) is 0.125. The molecule has 0 saturated heterocycles. The smallest absolute Gasteiger partial charge is 0.333 e. The Morgan fingerprint density at radius 2 is 2.45 bits per heavy atom. The fourth-order valence-corrected chi connectivity index (χ4v) is 1.24. The van der Waals surface area contributed by atoms with Crippen LogP contribution in [0.1, 0.15) is 5.69 Å². The summed E-state index contributed by atoms with van der Waals surface area (Å²) >= 11 is 0. The zero-order chi connectivity index (χ0) is 7.84. The first-order valence-corrected chi connectivity index (χ1v) is 3.37. The van der Waals surface area contributed by atoms with Crippen LogP contribution in [0.4, 0.5) is 0 Å². The lowest BCUT2D eigenvalue weighted by atomic mass is 10.2. The molecule has 3 nitrogen and oxygen atoms in total. The average molecular weight is 149 g/mol. The van der Waals surface area contributed by atoms with Gasteiger partial charge in [-0.2, -0.15) is 0 Å². The van der Waals surface area contributed by atoms with Crippen LogP contribution < -0.4 is 0 Å². The lowest BCUT2D eigenvalue weighted by Gasteiger charge is -1.89. The van der Waals surface area contributed by atoms with Gasteiger partial charge in [-0.3, -0.25) is 0 Å². The van der Waals surface area contributed by atoms with Crippen molar-refractivity contribution < 1.29 is 9.90 Å². The van der Waals surface area contributed by atoms with E-state index in [2.05, 4.69) is 0 Å². The third-order valence-corrected chi connectivity index (χ3v) is 1.81. The molecular weight excluding hydrogens is 142 g/mol. The molecule has 56 valence electrons. The van der Waals surface area contributed by atoms with E-state index in [0.717, 1.165) is 5.69 Å². The van der Waals surface area contributed by atoms with Crippen molar-refractivity contribution in [1.82, 2.24) is 4.57 Å². The molecule has 3 heteroatoms. The maximum Gasteiger partial charge on any atom is 0.333 e. The topological polar surface area (TPSA) is 42.2 Å². The molecular formula is C8H7NO2. The van der Waals surface area contributed by atoms with Gasteiger partial charge >= 0.3 is 5.97 Å². The van der Waals surface area contributed by atoms with Crippen molar-refractivity contribution >= 4 is 12.2 Å². The quantitative estimate of drug-likeness (QED) is 0.646. The number of rotatable bonds is 1. The Hall–Kier alpha value is -1.51. The average Bonchev–Trinajstić information content (AvgIpc) is 2.40. The molecule has 2 heterocycles. The highest BCUT2D eigenvalue weighted by Crippen LogP contribution is 2.18. The van der Waals surface area contributed by atoms with Gasteiger partial charge in [-0.15, -0.1) is 0 Å². The minimum absolute atomic E-state index is 0.459. The van der Waals surface area contributed by atoms with Gasteiger partial charge in [-0.1, -0.05) is 0 Å². The van der Waals surface area contributed by atoms with Crippen LogP contribution in [0.3, 0.4) is 0 Å². The summed E-state index contributed by atoms with van der Waals surface area (Å²) < 4.78 is 1.84. The Balaban J connectivity index is 2.38. The molecule has 0 amide bonds. The van der Waals surface area contributed by atoms with E-state index in [0.29, 0.717) is 12.0 Å². The Labute approximate surface area is 63.6 Å². The highest BCUT2D eigenvalue weighted by molar-refractivity contribution is 5.91. The van der Waals surface area contributed by atoms with Crippen LogP contribution in [0.5, 0.6) is 0 Å². The molecule has 1 aromatic heterocycles. The molecule has 0 atom stereocenters. The van der Waals surface area contributed by atoms with Gasteiger partial charge < -0.3 is 9.67 Å². The molecule has 0 bridgehead atoms. The fourth-order valence-electron chi connectivity index (χ4n) is 1.24. The molecule has 0 aliphatic carbocycles. The monoisotopic (exact) mass is 149 g/mol. The maximum atomic E-state index is 10.5. The van der Waals surface area contributed by atoms with Gasteiger partial charge in [-0.25, -0.2) is 4.79 Å². The summed E-state index contributed by atoms with van der Waals surface area (Å²) in [5, 5.41) is 8.62. The molecule has 1 aromatic rings. The Morgan fingerprint density at radius 1 is 1.64 bits per heavy atom. The number of aliphatic carboxylic acids is 1. The predicted molar refractivity (Wildman–Crippen MR) is 40.0 cm³/mol. The van der Waals surface area contributed by atoms with E-state index in [9.17, 15) is 4.79 Å². The molecule has 0 saturated carbocycles. The predicted octanol–water partition coefficient (Wildman–Crippen LogP) is 0.970. The molecule has 1 aliphatic heterocycles. The van der Waals surface area contributed by atoms with E-state index < -0.39 is 5.97 Å². The molecule has 0 spiro atoms.